The smallest absolute Gasteiger partial charge is 0.220 e. The second kappa shape index (κ2) is 4.72. The van der Waals surface area contributed by atoms with E-state index in [1.54, 1.807) is 0 Å². The lowest BCUT2D eigenvalue weighted by Crippen LogP contribution is -2.13. The number of nitrogens with two attached hydrogens (primary N) is 1. The van der Waals surface area contributed by atoms with Gasteiger partial charge in [-0.05, 0) is 33.0 Å². The highest BCUT2D eigenvalue weighted by atomic mass is 16.4. The third-order valence-corrected chi connectivity index (χ3v) is 2.82. The SMILES string of the molecule is CN1CCC(c2nnc(CCCN)o2)C1. The molecule has 0 spiro atoms. The first-order valence-electron chi connectivity index (χ1n) is 5.50. The Morgan fingerprint density at radius 1 is 1.53 bits per heavy atom. The molecule has 0 amide bonds. The molecule has 1 aromatic rings. The zero-order chi connectivity index (χ0) is 10.7. The van der Waals surface area contributed by atoms with Crippen LogP contribution in [-0.4, -0.2) is 41.8 Å². The molecule has 1 saturated heterocycles. The average molecular weight is 210 g/mol. The minimum absolute atomic E-state index is 0.425. The molecule has 5 nitrogen and oxygen atoms in total. The normalized spacial score (nSPS) is 22.4. The van der Waals surface area contributed by atoms with Crippen LogP contribution in [0.1, 0.15) is 30.5 Å². The third kappa shape index (κ3) is 2.54. The van der Waals surface area contributed by atoms with E-state index < -0.39 is 0 Å². The maximum Gasteiger partial charge on any atom is 0.220 e. The third-order valence-electron chi connectivity index (χ3n) is 2.82. The van der Waals surface area contributed by atoms with Crippen molar-refractivity contribution >= 4 is 0 Å². The molecule has 5 heteroatoms. The van der Waals surface area contributed by atoms with Crippen molar-refractivity contribution in [2.45, 2.75) is 25.2 Å². The maximum atomic E-state index is 5.61. The Morgan fingerprint density at radius 3 is 3.07 bits per heavy atom. The first kappa shape index (κ1) is 10.6. The molecule has 1 aliphatic heterocycles. The van der Waals surface area contributed by atoms with E-state index in [-0.39, 0.29) is 0 Å². The van der Waals surface area contributed by atoms with Gasteiger partial charge >= 0.3 is 0 Å². The molecule has 1 aliphatic rings. The molecule has 2 rings (SSSR count). The lowest BCUT2D eigenvalue weighted by atomic mass is 10.1. The van der Waals surface area contributed by atoms with Crippen LogP contribution in [0, 0.1) is 0 Å². The molecule has 2 heterocycles. The maximum absolute atomic E-state index is 5.61. The predicted molar refractivity (Wildman–Crippen MR) is 56.5 cm³/mol. The molecule has 0 aliphatic carbocycles. The summed E-state index contributed by atoms with van der Waals surface area (Å²) >= 11 is 0. The van der Waals surface area contributed by atoms with Crippen LogP contribution < -0.4 is 5.73 Å². The number of likely N-dealkylation sites (N-methyl/N-ethyl adjacent to an activating group) is 1. The van der Waals surface area contributed by atoms with E-state index in [0.29, 0.717) is 12.5 Å². The van der Waals surface area contributed by atoms with Crippen LogP contribution in [0.5, 0.6) is 0 Å². The second-order valence-electron chi connectivity index (χ2n) is 4.17. The molecular weight excluding hydrogens is 192 g/mol. The summed E-state index contributed by atoms with van der Waals surface area (Å²) in [6.45, 7) is 2.81. The molecule has 0 bridgehead atoms. The fourth-order valence-corrected chi connectivity index (χ4v) is 1.92. The summed E-state index contributed by atoms with van der Waals surface area (Å²) in [7, 11) is 2.12. The van der Waals surface area contributed by atoms with Crippen molar-refractivity contribution < 1.29 is 4.42 Å². The highest BCUT2D eigenvalue weighted by Crippen LogP contribution is 2.24. The van der Waals surface area contributed by atoms with Gasteiger partial charge in [0.15, 0.2) is 0 Å². The van der Waals surface area contributed by atoms with Gasteiger partial charge in [0.1, 0.15) is 0 Å². The Morgan fingerprint density at radius 2 is 2.40 bits per heavy atom. The van der Waals surface area contributed by atoms with Crippen molar-refractivity contribution in [2.24, 2.45) is 5.73 Å². The van der Waals surface area contributed by atoms with E-state index in [1.807, 2.05) is 0 Å². The fraction of sp³-hybridized carbons (Fsp3) is 0.800. The quantitative estimate of drug-likeness (QED) is 0.778. The molecule has 1 atom stereocenters. The van der Waals surface area contributed by atoms with Crippen LogP contribution in [0.25, 0.3) is 0 Å². The summed E-state index contributed by atoms with van der Waals surface area (Å²) in [6.07, 6.45) is 2.83. The van der Waals surface area contributed by atoms with Crippen LogP contribution in [0.3, 0.4) is 0 Å². The van der Waals surface area contributed by atoms with E-state index in [4.69, 9.17) is 10.2 Å². The predicted octanol–water partition coefficient (Wildman–Crippen LogP) is 0.380. The number of hydrogen-bond acceptors (Lipinski definition) is 5. The second-order valence-corrected chi connectivity index (χ2v) is 4.17. The Kier molecular flexibility index (Phi) is 3.33. The van der Waals surface area contributed by atoms with E-state index >= 15 is 0 Å². The average Bonchev–Trinajstić information content (AvgIpc) is 2.83. The van der Waals surface area contributed by atoms with Crippen molar-refractivity contribution in [3.05, 3.63) is 11.8 Å². The van der Waals surface area contributed by atoms with Crippen molar-refractivity contribution in [1.29, 1.82) is 0 Å². The number of likely N-dealkylation sites (tertiary alicyclic amines) is 1. The van der Waals surface area contributed by atoms with Crippen LogP contribution in [0.15, 0.2) is 4.42 Å². The summed E-state index contributed by atoms with van der Waals surface area (Å²) < 4.78 is 5.61. The standard InChI is InChI=1S/C10H18N4O/c1-14-6-4-8(7-14)10-13-12-9(15-10)3-2-5-11/h8H,2-7,11H2,1H3. The first-order chi connectivity index (χ1) is 7.29. The summed E-state index contributed by atoms with van der Waals surface area (Å²) in [5.41, 5.74) is 5.43. The minimum Gasteiger partial charge on any atom is -0.425 e. The monoisotopic (exact) mass is 210 g/mol. The van der Waals surface area contributed by atoms with E-state index in [2.05, 4.69) is 22.1 Å². The molecule has 0 saturated carbocycles. The summed E-state index contributed by atoms with van der Waals surface area (Å²) in [6, 6.07) is 0. The zero-order valence-electron chi connectivity index (χ0n) is 9.15. The molecule has 0 aromatic carbocycles. The highest BCUT2D eigenvalue weighted by molar-refractivity contribution is 4.96. The summed E-state index contributed by atoms with van der Waals surface area (Å²) in [5.74, 6) is 1.95. The van der Waals surface area contributed by atoms with Gasteiger partial charge in [0, 0.05) is 13.0 Å². The number of aryl methyl sites for hydroxylation is 1. The van der Waals surface area contributed by atoms with Gasteiger partial charge in [0.25, 0.3) is 0 Å². The van der Waals surface area contributed by atoms with Crippen molar-refractivity contribution in [3.63, 3.8) is 0 Å². The summed E-state index contributed by atoms with van der Waals surface area (Å²) in [5, 5.41) is 8.13. The van der Waals surface area contributed by atoms with Gasteiger partial charge in [-0.15, -0.1) is 10.2 Å². The van der Waals surface area contributed by atoms with Gasteiger partial charge < -0.3 is 15.1 Å². The van der Waals surface area contributed by atoms with Gasteiger partial charge in [0.05, 0.1) is 5.92 Å². The van der Waals surface area contributed by atoms with Crippen LogP contribution in [0.2, 0.25) is 0 Å². The Bertz CT molecular complexity index is 312. The highest BCUT2D eigenvalue weighted by Gasteiger charge is 2.25. The zero-order valence-corrected chi connectivity index (χ0v) is 9.15. The number of nitrogens with zero attached hydrogens (tertiary/aromatic N) is 3. The van der Waals surface area contributed by atoms with Gasteiger partial charge in [-0.1, -0.05) is 0 Å². The molecule has 2 N–H and O–H groups in total. The molecule has 15 heavy (non-hydrogen) atoms. The number of hydrogen-bond donors (Lipinski definition) is 1. The number of aromatic nitrogens is 2. The van der Waals surface area contributed by atoms with Crippen LogP contribution >= 0.6 is 0 Å². The molecule has 1 unspecified atom stereocenters. The molecule has 0 radical (unpaired) electrons. The molecule has 1 fully saturated rings. The molecular formula is C10H18N4O. The molecule has 84 valence electrons. The Hall–Kier alpha value is -0.940. The first-order valence-corrected chi connectivity index (χ1v) is 5.50. The van der Waals surface area contributed by atoms with Gasteiger partial charge in [0.2, 0.25) is 11.8 Å². The minimum atomic E-state index is 0.425. The largest absolute Gasteiger partial charge is 0.425 e. The Balaban J connectivity index is 1.94. The lowest BCUT2D eigenvalue weighted by molar-refractivity contribution is 0.382. The van der Waals surface area contributed by atoms with Crippen molar-refractivity contribution in [2.75, 3.05) is 26.7 Å². The van der Waals surface area contributed by atoms with Crippen LogP contribution in [0.4, 0.5) is 0 Å². The molecule has 1 aromatic heterocycles. The van der Waals surface area contributed by atoms with E-state index in [1.165, 1.54) is 0 Å². The van der Waals surface area contributed by atoms with Gasteiger partial charge in [-0.3, -0.25) is 0 Å². The van der Waals surface area contributed by atoms with Crippen molar-refractivity contribution in [3.8, 4) is 0 Å². The van der Waals surface area contributed by atoms with Gasteiger partial charge in [-0.2, -0.15) is 0 Å². The van der Waals surface area contributed by atoms with E-state index in [9.17, 15) is 0 Å². The van der Waals surface area contributed by atoms with E-state index in [0.717, 1.165) is 44.1 Å². The topological polar surface area (TPSA) is 68.2 Å². The summed E-state index contributed by atoms with van der Waals surface area (Å²) in [4.78, 5) is 2.29. The van der Waals surface area contributed by atoms with Crippen molar-refractivity contribution in [1.82, 2.24) is 15.1 Å². The van der Waals surface area contributed by atoms with Gasteiger partial charge in [-0.25, -0.2) is 0 Å². The fourth-order valence-electron chi connectivity index (χ4n) is 1.92. The Labute approximate surface area is 89.6 Å². The van der Waals surface area contributed by atoms with Crippen LogP contribution in [-0.2, 0) is 6.42 Å². The number of rotatable bonds is 4. The lowest BCUT2D eigenvalue weighted by Gasteiger charge is -2.05.